The van der Waals surface area contributed by atoms with E-state index >= 15 is 0 Å². The lowest BCUT2D eigenvalue weighted by atomic mass is 10.0. The number of hydrogen-bond acceptors (Lipinski definition) is 3. The van der Waals surface area contributed by atoms with Crippen LogP contribution in [0.25, 0.3) is 16.5 Å². The molecule has 0 saturated carbocycles. The minimum atomic E-state index is 0. The molecule has 3 aromatic rings. The number of ether oxygens (including phenoxy) is 1. The van der Waals surface area contributed by atoms with Crippen LogP contribution in [0, 0.1) is 6.92 Å². The topological polar surface area (TPSA) is 43.3 Å². The third-order valence-electron chi connectivity index (χ3n) is 5.45. The molecular weight excluding hydrogens is 368 g/mol. The first-order chi connectivity index (χ1) is 13.1. The van der Waals surface area contributed by atoms with Crippen molar-refractivity contribution in [3.8, 4) is 5.69 Å². The number of fused-ring (bicyclic) bond motifs is 1. The van der Waals surface area contributed by atoms with Crippen LogP contribution in [0.2, 0.25) is 0 Å². The molecular formula is C23H28N2O2S. The number of para-hydroxylation sites is 1. The van der Waals surface area contributed by atoms with E-state index in [2.05, 4.69) is 18.3 Å². The first kappa shape index (κ1) is 20.6. The summed E-state index contributed by atoms with van der Waals surface area (Å²) in [5, 5.41) is 5.51. The van der Waals surface area contributed by atoms with Crippen LogP contribution >= 0.6 is 13.5 Å². The van der Waals surface area contributed by atoms with Crippen LogP contribution in [0.3, 0.4) is 0 Å². The lowest BCUT2D eigenvalue weighted by Crippen LogP contribution is -2.38. The molecule has 1 fully saturated rings. The molecule has 4 rings (SSSR count). The average Bonchev–Trinajstić information content (AvgIpc) is 2.69. The van der Waals surface area contributed by atoms with E-state index in [4.69, 9.17) is 4.74 Å². The Labute approximate surface area is 173 Å². The minimum absolute atomic E-state index is 0. The number of pyridine rings is 1. The van der Waals surface area contributed by atoms with Crippen LogP contribution in [0.15, 0.2) is 59.4 Å². The van der Waals surface area contributed by atoms with Gasteiger partial charge in [-0.05, 0) is 55.8 Å². The van der Waals surface area contributed by atoms with Crippen LogP contribution < -0.4 is 10.9 Å². The molecule has 28 heavy (non-hydrogen) atoms. The molecule has 0 aliphatic carbocycles. The van der Waals surface area contributed by atoms with Crippen molar-refractivity contribution in [3.05, 3.63) is 76.2 Å². The molecule has 0 radical (unpaired) electrons. The zero-order valence-electron chi connectivity index (χ0n) is 16.4. The van der Waals surface area contributed by atoms with Crippen LogP contribution in [0.1, 0.15) is 37.1 Å². The molecule has 1 N–H and O–H groups in total. The van der Waals surface area contributed by atoms with Gasteiger partial charge in [0.25, 0.3) is 5.56 Å². The van der Waals surface area contributed by atoms with Crippen molar-refractivity contribution >= 4 is 24.3 Å². The van der Waals surface area contributed by atoms with E-state index in [1.807, 2.05) is 60.0 Å². The van der Waals surface area contributed by atoms with Gasteiger partial charge in [0.2, 0.25) is 0 Å². The largest absolute Gasteiger partial charge is 0.381 e. The predicted octanol–water partition coefficient (Wildman–Crippen LogP) is 4.24. The Kier molecular flexibility index (Phi) is 6.60. The SMILES string of the molecule is Cc1cccc2cc([C@H](C)NC3CCOCC3)n(-c3ccccc3)c(=O)c12.S. The maximum atomic E-state index is 13.5. The Bertz CT molecular complexity index is 995. The van der Waals surface area contributed by atoms with Crippen molar-refractivity contribution in [2.24, 2.45) is 0 Å². The molecule has 1 aliphatic heterocycles. The summed E-state index contributed by atoms with van der Waals surface area (Å²) in [6.45, 7) is 5.74. The molecule has 0 bridgehead atoms. The summed E-state index contributed by atoms with van der Waals surface area (Å²) in [4.78, 5) is 13.5. The van der Waals surface area contributed by atoms with Gasteiger partial charge in [0.1, 0.15) is 0 Å². The zero-order chi connectivity index (χ0) is 18.8. The van der Waals surface area contributed by atoms with E-state index in [1.54, 1.807) is 0 Å². The Hall–Kier alpha value is -2.08. The fourth-order valence-corrected chi connectivity index (χ4v) is 4.02. The highest BCUT2D eigenvalue weighted by atomic mass is 32.1. The average molecular weight is 397 g/mol. The van der Waals surface area contributed by atoms with Crippen LogP contribution in [-0.4, -0.2) is 23.8 Å². The first-order valence-electron chi connectivity index (χ1n) is 9.69. The molecule has 1 saturated heterocycles. The summed E-state index contributed by atoms with van der Waals surface area (Å²) in [5.41, 5.74) is 2.96. The Morgan fingerprint density at radius 1 is 1.07 bits per heavy atom. The van der Waals surface area contributed by atoms with Crippen LogP contribution in [0.4, 0.5) is 0 Å². The lowest BCUT2D eigenvalue weighted by molar-refractivity contribution is 0.0752. The van der Waals surface area contributed by atoms with E-state index < -0.39 is 0 Å². The molecule has 148 valence electrons. The van der Waals surface area contributed by atoms with E-state index in [-0.39, 0.29) is 25.1 Å². The highest BCUT2D eigenvalue weighted by molar-refractivity contribution is 7.59. The van der Waals surface area contributed by atoms with Gasteiger partial charge in [-0.2, -0.15) is 13.5 Å². The summed E-state index contributed by atoms with van der Waals surface area (Å²) >= 11 is 0. The molecule has 0 spiro atoms. The lowest BCUT2D eigenvalue weighted by Gasteiger charge is -2.28. The van der Waals surface area contributed by atoms with Gasteiger partial charge < -0.3 is 10.1 Å². The summed E-state index contributed by atoms with van der Waals surface area (Å²) in [6.07, 6.45) is 2.01. The number of aromatic nitrogens is 1. The third-order valence-corrected chi connectivity index (χ3v) is 5.45. The van der Waals surface area contributed by atoms with Gasteiger partial charge in [-0.1, -0.05) is 36.4 Å². The second-order valence-corrected chi connectivity index (χ2v) is 7.36. The van der Waals surface area contributed by atoms with Gasteiger partial charge in [-0.15, -0.1) is 0 Å². The molecule has 0 amide bonds. The van der Waals surface area contributed by atoms with Crippen molar-refractivity contribution in [1.82, 2.24) is 9.88 Å². The van der Waals surface area contributed by atoms with Gasteiger partial charge >= 0.3 is 0 Å². The number of aryl methyl sites for hydroxylation is 1. The maximum Gasteiger partial charge on any atom is 0.263 e. The first-order valence-corrected chi connectivity index (χ1v) is 9.69. The fraction of sp³-hybridized carbons (Fsp3) is 0.348. The molecule has 5 heteroatoms. The van der Waals surface area contributed by atoms with Gasteiger partial charge in [0, 0.05) is 36.7 Å². The summed E-state index contributed by atoms with van der Waals surface area (Å²) in [6, 6.07) is 18.6. The van der Waals surface area contributed by atoms with Gasteiger partial charge in [0.15, 0.2) is 0 Å². The highest BCUT2D eigenvalue weighted by Crippen LogP contribution is 2.24. The van der Waals surface area contributed by atoms with Crippen molar-refractivity contribution in [3.63, 3.8) is 0 Å². The molecule has 2 heterocycles. The summed E-state index contributed by atoms with van der Waals surface area (Å²) in [5.74, 6) is 0. The van der Waals surface area contributed by atoms with Gasteiger partial charge in [-0.3, -0.25) is 9.36 Å². The summed E-state index contributed by atoms with van der Waals surface area (Å²) in [7, 11) is 0. The van der Waals surface area contributed by atoms with Gasteiger partial charge in [-0.25, -0.2) is 0 Å². The molecule has 4 nitrogen and oxygen atoms in total. The Balaban J connectivity index is 0.00000225. The molecule has 1 atom stereocenters. The van der Waals surface area contributed by atoms with E-state index in [0.29, 0.717) is 6.04 Å². The number of hydrogen-bond donors (Lipinski definition) is 1. The Morgan fingerprint density at radius 2 is 1.79 bits per heavy atom. The summed E-state index contributed by atoms with van der Waals surface area (Å²) < 4.78 is 7.34. The maximum absolute atomic E-state index is 13.5. The Morgan fingerprint density at radius 3 is 2.50 bits per heavy atom. The number of benzene rings is 2. The molecule has 1 aromatic heterocycles. The van der Waals surface area contributed by atoms with E-state index in [0.717, 1.165) is 53.8 Å². The van der Waals surface area contributed by atoms with E-state index in [9.17, 15) is 4.79 Å². The van der Waals surface area contributed by atoms with Crippen molar-refractivity contribution in [2.75, 3.05) is 13.2 Å². The molecule has 1 aliphatic rings. The number of rotatable bonds is 4. The normalized spacial score (nSPS) is 15.9. The fourth-order valence-electron chi connectivity index (χ4n) is 4.02. The standard InChI is InChI=1S/C23H26N2O2.H2S/c1-16-7-6-8-18-15-21(17(2)24-19-11-13-27-14-12-19)25(23(26)22(16)18)20-9-4-3-5-10-20;/h3-10,15,17,19,24H,11-14H2,1-2H3;1H2/t17-;/m0./s1. The number of nitrogens with zero attached hydrogens (tertiary/aromatic N) is 1. The quantitative estimate of drug-likeness (QED) is 0.717. The minimum Gasteiger partial charge on any atom is -0.381 e. The zero-order valence-corrected chi connectivity index (χ0v) is 17.4. The van der Waals surface area contributed by atoms with E-state index in [1.165, 1.54) is 0 Å². The van der Waals surface area contributed by atoms with Gasteiger partial charge in [0.05, 0.1) is 5.39 Å². The second kappa shape index (κ2) is 8.95. The van der Waals surface area contributed by atoms with Crippen LogP contribution in [-0.2, 0) is 4.74 Å². The smallest absolute Gasteiger partial charge is 0.263 e. The molecule has 2 aromatic carbocycles. The predicted molar refractivity (Wildman–Crippen MR) is 120 cm³/mol. The van der Waals surface area contributed by atoms with Crippen molar-refractivity contribution < 1.29 is 4.74 Å². The highest BCUT2D eigenvalue weighted by Gasteiger charge is 2.21. The molecule has 0 unspecified atom stereocenters. The van der Waals surface area contributed by atoms with Crippen molar-refractivity contribution in [2.45, 2.75) is 38.8 Å². The third kappa shape index (κ3) is 4.02. The second-order valence-electron chi connectivity index (χ2n) is 7.36. The van der Waals surface area contributed by atoms with Crippen molar-refractivity contribution in [1.29, 1.82) is 0 Å². The number of nitrogens with one attached hydrogen (secondary N) is 1. The monoisotopic (exact) mass is 396 g/mol. The van der Waals surface area contributed by atoms with Crippen LogP contribution in [0.5, 0.6) is 0 Å².